The lowest BCUT2D eigenvalue weighted by molar-refractivity contribution is 0.336. The summed E-state index contributed by atoms with van der Waals surface area (Å²) in [4.78, 5) is 0. The summed E-state index contributed by atoms with van der Waals surface area (Å²) in [6, 6.07) is 0. The lowest BCUT2D eigenvalue weighted by Crippen LogP contribution is -2.26. The average molecular weight is 326 g/mol. The maximum absolute atomic E-state index is 5.90. The largest absolute Gasteiger partial charge is 0.493 e. The Hall–Kier alpha value is -0.740. The molecule has 0 aromatic heterocycles. The van der Waals surface area contributed by atoms with Crippen molar-refractivity contribution in [2.24, 2.45) is 11.1 Å². The molecule has 0 saturated carbocycles. The third-order valence-corrected chi connectivity index (χ3v) is 4.89. The zero-order valence-corrected chi connectivity index (χ0v) is 13.1. The first-order valence-electron chi connectivity index (χ1n) is 6.85. The fourth-order valence-electron chi connectivity index (χ4n) is 2.89. The Kier molecular flexibility index (Phi) is 3.26. The highest BCUT2D eigenvalue weighted by Gasteiger charge is 2.32. The number of rotatable bonds is 3. The quantitative estimate of drug-likeness (QED) is 0.929. The zero-order chi connectivity index (χ0) is 13.6. The lowest BCUT2D eigenvalue weighted by atomic mass is 9.82. The molecule has 2 aliphatic heterocycles. The van der Waals surface area contributed by atoms with E-state index in [-0.39, 0.29) is 5.41 Å². The topological polar surface area (TPSA) is 44.5 Å². The van der Waals surface area contributed by atoms with Gasteiger partial charge in [0.1, 0.15) is 11.5 Å². The van der Waals surface area contributed by atoms with Crippen LogP contribution in [0.3, 0.4) is 0 Å². The Morgan fingerprint density at radius 3 is 2.42 bits per heavy atom. The molecule has 2 N–H and O–H groups in total. The van der Waals surface area contributed by atoms with Gasteiger partial charge in [0.25, 0.3) is 0 Å². The Morgan fingerprint density at radius 2 is 1.74 bits per heavy atom. The first-order chi connectivity index (χ1) is 9.03. The van der Waals surface area contributed by atoms with E-state index in [4.69, 9.17) is 15.2 Å². The van der Waals surface area contributed by atoms with E-state index in [0.29, 0.717) is 6.54 Å². The molecule has 0 spiro atoms. The van der Waals surface area contributed by atoms with Crippen molar-refractivity contribution in [3.05, 3.63) is 21.2 Å². The summed E-state index contributed by atoms with van der Waals surface area (Å²) in [7, 11) is 0. The van der Waals surface area contributed by atoms with Crippen LogP contribution in [0.15, 0.2) is 4.47 Å². The molecular weight excluding hydrogens is 306 g/mol. The van der Waals surface area contributed by atoms with Gasteiger partial charge >= 0.3 is 0 Å². The molecule has 1 aromatic rings. The molecule has 1 aromatic carbocycles. The van der Waals surface area contributed by atoms with Crippen LogP contribution >= 0.6 is 15.9 Å². The summed E-state index contributed by atoms with van der Waals surface area (Å²) >= 11 is 3.68. The van der Waals surface area contributed by atoms with Crippen molar-refractivity contribution in [3.8, 4) is 11.5 Å². The smallest absolute Gasteiger partial charge is 0.137 e. The van der Waals surface area contributed by atoms with E-state index >= 15 is 0 Å². The lowest BCUT2D eigenvalue weighted by Gasteiger charge is -2.25. The van der Waals surface area contributed by atoms with Gasteiger partial charge in [0.15, 0.2) is 0 Å². The fraction of sp³-hybridized carbons (Fsp3) is 0.600. The summed E-state index contributed by atoms with van der Waals surface area (Å²) in [5.74, 6) is 2.12. The molecule has 4 heteroatoms. The number of nitrogens with two attached hydrogens (primary N) is 1. The molecule has 2 heterocycles. The molecule has 0 radical (unpaired) electrons. The summed E-state index contributed by atoms with van der Waals surface area (Å²) in [6.07, 6.45) is 2.88. The molecule has 0 bridgehead atoms. The highest BCUT2D eigenvalue weighted by Crippen LogP contribution is 2.48. The first-order valence-corrected chi connectivity index (χ1v) is 7.64. The van der Waals surface area contributed by atoms with Crippen LogP contribution in [0.1, 0.15) is 30.5 Å². The maximum atomic E-state index is 5.90. The SMILES string of the molecule is CC(C)(CN)Cc1c2c(c(Br)c3c1OCC3)OCC2. The van der Waals surface area contributed by atoms with E-state index in [1.165, 1.54) is 16.7 Å². The number of hydrogen-bond donors (Lipinski definition) is 1. The minimum atomic E-state index is 0.0872. The molecule has 3 rings (SSSR count). The van der Waals surface area contributed by atoms with Gasteiger partial charge in [-0.25, -0.2) is 0 Å². The Balaban J connectivity index is 2.13. The minimum absolute atomic E-state index is 0.0872. The number of ether oxygens (including phenoxy) is 2. The van der Waals surface area contributed by atoms with Gasteiger partial charge in [0.2, 0.25) is 0 Å². The molecule has 0 atom stereocenters. The molecule has 104 valence electrons. The van der Waals surface area contributed by atoms with E-state index in [9.17, 15) is 0 Å². The number of fused-ring (bicyclic) bond motifs is 2. The summed E-state index contributed by atoms with van der Waals surface area (Å²) < 4.78 is 12.8. The average Bonchev–Trinajstić information content (AvgIpc) is 3.03. The van der Waals surface area contributed by atoms with Gasteiger partial charge in [-0.1, -0.05) is 13.8 Å². The fourth-order valence-corrected chi connectivity index (χ4v) is 3.62. The first kappa shape index (κ1) is 13.3. The van der Waals surface area contributed by atoms with Crippen molar-refractivity contribution in [3.63, 3.8) is 0 Å². The second kappa shape index (κ2) is 4.67. The molecular formula is C15H20BrNO2. The Labute approximate surface area is 122 Å². The molecule has 19 heavy (non-hydrogen) atoms. The predicted molar refractivity (Wildman–Crippen MR) is 79.1 cm³/mol. The molecule has 3 nitrogen and oxygen atoms in total. The van der Waals surface area contributed by atoms with Crippen molar-refractivity contribution in [2.75, 3.05) is 19.8 Å². The molecule has 0 unspecified atom stereocenters. The van der Waals surface area contributed by atoms with Crippen molar-refractivity contribution >= 4 is 15.9 Å². The van der Waals surface area contributed by atoms with Gasteiger partial charge in [0, 0.05) is 29.5 Å². The summed E-state index contributed by atoms with van der Waals surface area (Å²) in [6.45, 7) is 6.63. The van der Waals surface area contributed by atoms with Gasteiger partial charge < -0.3 is 15.2 Å². The highest BCUT2D eigenvalue weighted by atomic mass is 79.9. The van der Waals surface area contributed by atoms with Crippen molar-refractivity contribution in [1.82, 2.24) is 0 Å². The van der Waals surface area contributed by atoms with Crippen LogP contribution in [0, 0.1) is 5.41 Å². The van der Waals surface area contributed by atoms with Gasteiger partial charge in [-0.05, 0) is 34.3 Å². The van der Waals surface area contributed by atoms with Crippen LogP contribution in [-0.2, 0) is 19.3 Å². The van der Waals surface area contributed by atoms with Gasteiger partial charge in [0.05, 0.1) is 17.7 Å². The third kappa shape index (κ3) is 2.15. The highest BCUT2D eigenvalue weighted by molar-refractivity contribution is 9.10. The summed E-state index contributed by atoms with van der Waals surface area (Å²) in [5.41, 5.74) is 9.88. The number of halogens is 1. The van der Waals surface area contributed by atoms with Gasteiger partial charge in [-0.15, -0.1) is 0 Å². The number of benzene rings is 1. The Bertz CT molecular complexity index is 490. The second-order valence-corrected chi connectivity index (χ2v) is 6.94. The van der Waals surface area contributed by atoms with E-state index in [1.807, 2.05) is 0 Å². The van der Waals surface area contributed by atoms with E-state index in [2.05, 4.69) is 29.8 Å². The van der Waals surface area contributed by atoms with Gasteiger partial charge in [-0.2, -0.15) is 0 Å². The van der Waals surface area contributed by atoms with E-state index < -0.39 is 0 Å². The van der Waals surface area contributed by atoms with Crippen molar-refractivity contribution in [2.45, 2.75) is 33.1 Å². The van der Waals surface area contributed by atoms with Crippen LogP contribution < -0.4 is 15.2 Å². The van der Waals surface area contributed by atoms with Crippen LogP contribution in [0.2, 0.25) is 0 Å². The zero-order valence-electron chi connectivity index (χ0n) is 11.5. The monoisotopic (exact) mass is 325 g/mol. The van der Waals surface area contributed by atoms with Crippen molar-refractivity contribution in [1.29, 1.82) is 0 Å². The maximum Gasteiger partial charge on any atom is 0.137 e. The second-order valence-electron chi connectivity index (χ2n) is 6.15. The molecule has 0 aliphatic carbocycles. The van der Waals surface area contributed by atoms with Crippen LogP contribution in [-0.4, -0.2) is 19.8 Å². The van der Waals surface area contributed by atoms with E-state index in [1.54, 1.807) is 0 Å². The molecule has 2 aliphatic rings. The Morgan fingerprint density at radius 1 is 1.11 bits per heavy atom. The van der Waals surface area contributed by atoms with Gasteiger partial charge in [-0.3, -0.25) is 0 Å². The third-order valence-electron chi connectivity index (χ3n) is 4.06. The summed E-state index contributed by atoms with van der Waals surface area (Å²) in [5, 5.41) is 0. The molecule has 0 amide bonds. The minimum Gasteiger partial charge on any atom is -0.493 e. The molecule has 0 fully saturated rings. The standard InChI is InChI=1S/C15H20BrNO2/c1-15(2,8-17)7-11-9-3-5-19-14(9)12(16)10-4-6-18-13(10)11/h3-8,17H2,1-2H3. The van der Waals surface area contributed by atoms with Crippen molar-refractivity contribution < 1.29 is 9.47 Å². The molecule has 0 saturated heterocycles. The van der Waals surface area contributed by atoms with Crippen LogP contribution in [0.4, 0.5) is 0 Å². The normalized spacial score (nSPS) is 16.8. The van der Waals surface area contributed by atoms with E-state index in [0.717, 1.165) is 48.4 Å². The van der Waals surface area contributed by atoms with Crippen LogP contribution in [0.25, 0.3) is 0 Å². The van der Waals surface area contributed by atoms with Crippen LogP contribution in [0.5, 0.6) is 11.5 Å². The predicted octanol–water partition coefficient (Wildman–Crippen LogP) is 2.85. The number of hydrogen-bond acceptors (Lipinski definition) is 3.